The average molecular weight is 337 g/mol. The monoisotopic (exact) mass is 337 g/mol. The van der Waals surface area contributed by atoms with Gasteiger partial charge in [-0.05, 0) is 12.1 Å². The topological polar surface area (TPSA) is 64.3 Å². The SMILES string of the molecule is COc1cccc(N=C2CSc3nnc(-c4ccccc4)n3N2)c1. The molecule has 0 bridgehead atoms. The number of amidine groups is 1. The van der Waals surface area contributed by atoms with Crippen molar-refractivity contribution in [1.29, 1.82) is 0 Å². The Bertz CT molecular complexity index is 891. The van der Waals surface area contributed by atoms with Crippen molar-refractivity contribution in [3.05, 3.63) is 54.6 Å². The third-order valence-corrected chi connectivity index (χ3v) is 4.50. The third-order valence-electron chi connectivity index (χ3n) is 3.56. The number of hydrogen-bond acceptors (Lipinski definition) is 5. The molecule has 0 atom stereocenters. The van der Waals surface area contributed by atoms with Crippen molar-refractivity contribution in [3.63, 3.8) is 0 Å². The summed E-state index contributed by atoms with van der Waals surface area (Å²) < 4.78 is 7.12. The Morgan fingerprint density at radius 2 is 2.00 bits per heavy atom. The number of aliphatic imine (C=N–C) groups is 1. The van der Waals surface area contributed by atoms with Gasteiger partial charge in [0.05, 0.1) is 18.6 Å². The number of rotatable bonds is 3. The molecule has 6 nitrogen and oxygen atoms in total. The first-order valence-corrected chi connectivity index (χ1v) is 8.44. The van der Waals surface area contributed by atoms with Crippen molar-refractivity contribution >= 4 is 23.3 Å². The van der Waals surface area contributed by atoms with E-state index in [9.17, 15) is 0 Å². The fourth-order valence-corrected chi connectivity index (χ4v) is 3.18. The summed E-state index contributed by atoms with van der Waals surface area (Å²) in [6.45, 7) is 0. The van der Waals surface area contributed by atoms with Crippen molar-refractivity contribution in [2.45, 2.75) is 5.16 Å². The van der Waals surface area contributed by atoms with Crippen LogP contribution in [0.15, 0.2) is 64.7 Å². The van der Waals surface area contributed by atoms with Crippen LogP contribution in [0.25, 0.3) is 11.4 Å². The van der Waals surface area contributed by atoms with E-state index in [4.69, 9.17) is 4.74 Å². The van der Waals surface area contributed by atoms with Crippen LogP contribution in [0.2, 0.25) is 0 Å². The van der Waals surface area contributed by atoms with Gasteiger partial charge in [0.1, 0.15) is 11.6 Å². The zero-order valence-electron chi connectivity index (χ0n) is 13.0. The summed E-state index contributed by atoms with van der Waals surface area (Å²) in [5, 5.41) is 9.36. The van der Waals surface area contributed by atoms with Gasteiger partial charge in [0, 0.05) is 11.6 Å². The summed E-state index contributed by atoms with van der Waals surface area (Å²) in [4.78, 5) is 4.67. The summed E-state index contributed by atoms with van der Waals surface area (Å²) in [6, 6.07) is 17.6. The second kappa shape index (κ2) is 6.37. The zero-order valence-corrected chi connectivity index (χ0v) is 13.8. The Kier molecular flexibility index (Phi) is 3.92. The molecule has 0 aliphatic carbocycles. The van der Waals surface area contributed by atoms with E-state index in [1.807, 2.05) is 59.3 Å². The van der Waals surface area contributed by atoms with E-state index in [1.54, 1.807) is 18.9 Å². The molecule has 0 saturated carbocycles. The maximum atomic E-state index is 5.24. The van der Waals surface area contributed by atoms with Crippen LogP contribution in [0.4, 0.5) is 5.69 Å². The highest BCUT2D eigenvalue weighted by atomic mass is 32.2. The van der Waals surface area contributed by atoms with Crippen LogP contribution < -0.4 is 10.2 Å². The van der Waals surface area contributed by atoms with Crippen LogP contribution in [-0.4, -0.2) is 33.6 Å². The van der Waals surface area contributed by atoms with E-state index in [0.717, 1.165) is 33.8 Å². The standard InChI is InChI=1S/C17H15N5OS/c1-23-14-9-5-8-13(10-14)18-15-11-24-17-20-19-16(22(17)21-15)12-6-3-2-4-7-12/h2-10H,11H2,1H3,(H,18,21). The van der Waals surface area contributed by atoms with Crippen LogP contribution in [0.1, 0.15) is 0 Å². The Labute approximate surface area is 143 Å². The van der Waals surface area contributed by atoms with Crippen molar-refractivity contribution < 1.29 is 4.74 Å². The number of hydrogen-bond donors (Lipinski definition) is 1. The van der Waals surface area contributed by atoms with Crippen molar-refractivity contribution in [3.8, 4) is 17.1 Å². The molecule has 4 rings (SSSR count). The second-order valence-electron chi connectivity index (χ2n) is 5.17. The molecule has 3 aromatic rings. The third kappa shape index (κ3) is 2.85. The first-order valence-electron chi connectivity index (χ1n) is 7.46. The van der Waals surface area contributed by atoms with Crippen LogP contribution in [-0.2, 0) is 0 Å². The van der Waals surface area contributed by atoms with Gasteiger partial charge in [0.2, 0.25) is 5.16 Å². The molecule has 2 heterocycles. The zero-order chi connectivity index (χ0) is 16.4. The number of nitrogens with one attached hydrogen (secondary N) is 1. The number of nitrogens with zero attached hydrogens (tertiary/aromatic N) is 4. The molecule has 1 aromatic heterocycles. The quantitative estimate of drug-likeness (QED) is 0.794. The summed E-state index contributed by atoms with van der Waals surface area (Å²) in [7, 11) is 1.65. The lowest BCUT2D eigenvalue weighted by molar-refractivity contribution is 0.415. The van der Waals surface area contributed by atoms with Gasteiger partial charge in [-0.2, -0.15) is 0 Å². The Morgan fingerprint density at radius 3 is 2.83 bits per heavy atom. The fourth-order valence-electron chi connectivity index (χ4n) is 2.43. The van der Waals surface area contributed by atoms with Gasteiger partial charge in [-0.15, -0.1) is 10.2 Å². The lowest BCUT2D eigenvalue weighted by Crippen LogP contribution is -2.30. The van der Waals surface area contributed by atoms with Crippen molar-refractivity contribution in [2.75, 3.05) is 18.3 Å². The van der Waals surface area contributed by atoms with Crippen LogP contribution >= 0.6 is 11.8 Å². The van der Waals surface area contributed by atoms with Gasteiger partial charge in [-0.3, -0.25) is 5.43 Å². The van der Waals surface area contributed by atoms with E-state index in [2.05, 4.69) is 20.6 Å². The smallest absolute Gasteiger partial charge is 0.211 e. The molecule has 0 saturated heterocycles. The Morgan fingerprint density at radius 1 is 1.12 bits per heavy atom. The minimum Gasteiger partial charge on any atom is -0.497 e. The summed E-state index contributed by atoms with van der Waals surface area (Å²) in [5.74, 6) is 3.12. The lowest BCUT2D eigenvalue weighted by Gasteiger charge is -2.18. The molecule has 1 N–H and O–H groups in total. The lowest BCUT2D eigenvalue weighted by atomic mass is 10.2. The molecule has 1 aliphatic heterocycles. The molecule has 0 spiro atoms. The molecule has 7 heteroatoms. The normalized spacial score (nSPS) is 15.0. The van der Waals surface area contributed by atoms with Crippen LogP contribution in [0, 0.1) is 0 Å². The first-order chi connectivity index (χ1) is 11.8. The molecule has 0 radical (unpaired) electrons. The predicted molar refractivity (Wildman–Crippen MR) is 95.6 cm³/mol. The van der Waals surface area contributed by atoms with Crippen LogP contribution in [0.5, 0.6) is 5.75 Å². The summed E-state index contributed by atoms with van der Waals surface area (Å²) in [5.41, 5.74) is 5.16. The van der Waals surface area contributed by atoms with E-state index >= 15 is 0 Å². The van der Waals surface area contributed by atoms with Gasteiger partial charge in [-0.25, -0.2) is 9.67 Å². The predicted octanol–water partition coefficient (Wildman–Crippen LogP) is 3.33. The molecule has 1 aliphatic rings. The molecule has 0 unspecified atom stereocenters. The molecule has 120 valence electrons. The van der Waals surface area contributed by atoms with E-state index in [1.165, 1.54) is 0 Å². The molecule has 2 aromatic carbocycles. The minimum absolute atomic E-state index is 0.712. The number of ether oxygens (including phenoxy) is 1. The number of aromatic nitrogens is 3. The number of methoxy groups -OCH3 is 1. The average Bonchev–Trinajstić information content (AvgIpc) is 3.06. The summed E-state index contributed by atoms with van der Waals surface area (Å²) in [6.07, 6.45) is 0. The molecule has 0 fully saturated rings. The highest BCUT2D eigenvalue weighted by molar-refractivity contribution is 7.99. The Hall–Kier alpha value is -2.80. The molecule has 24 heavy (non-hydrogen) atoms. The van der Waals surface area contributed by atoms with Gasteiger partial charge < -0.3 is 4.74 Å². The van der Waals surface area contributed by atoms with Gasteiger partial charge >= 0.3 is 0 Å². The van der Waals surface area contributed by atoms with E-state index in [0.29, 0.717) is 5.75 Å². The molecular formula is C17H15N5OS. The maximum Gasteiger partial charge on any atom is 0.211 e. The fraction of sp³-hybridized carbons (Fsp3) is 0.118. The van der Waals surface area contributed by atoms with Gasteiger partial charge in [0.15, 0.2) is 5.82 Å². The first kappa shape index (κ1) is 14.8. The largest absolute Gasteiger partial charge is 0.497 e. The number of benzene rings is 2. The number of thioether (sulfide) groups is 1. The minimum atomic E-state index is 0.712. The van der Waals surface area contributed by atoms with E-state index in [-0.39, 0.29) is 0 Å². The highest BCUT2D eigenvalue weighted by Gasteiger charge is 2.20. The Balaban J connectivity index is 1.66. The van der Waals surface area contributed by atoms with Crippen molar-refractivity contribution in [2.24, 2.45) is 4.99 Å². The van der Waals surface area contributed by atoms with Gasteiger partial charge in [0.25, 0.3) is 0 Å². The second-order valence-corrected chi connectivity index (χ2v) is 6.11. The molecular weight excluding hydrogens is 322 g/mol. The molecule has 0 amide bonds. The van der Waals surface area contributed by atoms with E-state index < -0.39 is 0 Å². The van der Waals surface area contributed by atoms with Crippen LogP contribution in [0.3, 0.4) is 0 Å². The van der Waals surface area contributed by atoms with Gasteiger partial charge in [-0.1, -0.05) is 48.2 Å². The van der Waals surface area contributed by atoms with Crippen molar-refractivity contribution in [1.82, 2.24) is 14.9 Å². The highest BCUT2D eigenvalue weighted by Crippen LogP contribution is 2.27. The summed E-state index contributed by atoms with van der Waals surface area (Å²) >= 11 is 1.61. The number of fused-ring (bicyclic) bond motifs is 1. The maximum absolute atomic E-state index is 5.24.